The van der Waals surface area contributed by atoms with Crippen LogP contribution in [0.15, 0.2) is 0 Å². The Kier molecular flexibility index (Phi) is 4.88. The van der Waals surface area contributed by atoms with Crippen LogP contribution in [-0.4, -0.2) is 18.6 Å². The highest BCUT2D eigenvalue weighted by Gasteiger charge is 2.09. The maximum Gasteiger partial charge on any atom is 0.260 e. The number of hydrogen-bond acceptors (Lipinski definition) is 3. The normalized spacial score (nSPS) is 12.7. The summed E-state index contributed by atoms with van der Waals surface area (Å²) in [5, 5.41) is 0. The number of rotatable bonds is 4. The smallest absolute Gasteiger partial charge is 0.260 e. The van der Waals surface area contributed by atoms with Gasteiger partial charge in [0.2, 0.25) is 0 Å². The Labute approximate surface area is 60.7 Å². The summed E-state index contributed by atoms with van der Waals surface area (Å²) < 4.78 is 0. The Balaban J connectivity index is 3.42. The van der Waals surface area contributed by atoms with Crippen molar-refractivity contribution in [1.82, 2.24) is 5.48 Å². The van der Waals surface area contributed by atoms with Gasteiger partial charge >= 0.3 is 0 Å². The molecule has 0 saturated heterocycles. The number of amides is 1. The van der Waals surface area contributed by atoms with Crippen molar-refractivity contribution in [2.45, 2.75) is 26.3 Å². The third-order valence-corrected chi connectivity index (χ3v) is 1.09. The van der Waals surface area contributed by atoms with Crippen LogP contribution in [0.4, 0.5) is 0 Å². The molecule has 0 aromatic rings. The molecule has 1 atom stereocenters. The van der Waals surface area contributed by atoms with Gasteiger partial charge in [0.1, 0.15) is 0 Å². The van der Waals surface area contributed by atoms with E-state index in [2.05, 4.69) is 10.3 Å². The standard InChI is InChI=1S/C6H14N2O2/c1-3-5(7)6(9)8-10-4-2/h5H,3-4,7H2,1-2H3,(H,8,9)/t5-/m0/s1. The first-order valence-electron chi connectivity index (χ1n) is 3.39. The van der Waals surface area contributed by atoms with Crippen LogP contribution < -0.4 is 11.2 Å². The highest BCUT2D eigenvalue weighted by atomic mass is 16.6. The lowest BCUT2D eigenvalue weighted by atomic mass is 10.2. The average molecular weight is 146 g/mol. The third-order valence-electron chi connectivity index (χ3n) is 1.09. The number of nitrogens with two attached hydrogens (primary N) is 1. The molecule has 0 aliphatic heterocycles. The zero-order valence-electron chi connectivity index (χ0n) is 6.39. The van der Waals surface area contributed by atoms with Gasteiger partial charge in [0.15, 0.2) is 0 Å². The fourth-order valence-corrected chi connectivity index (χ4v) is 0.404. The molecule has 0 heterocycles. The van der Waals surface area contributed by atoms with Crippen LogP contribution in [0.5, 0.6) is 0 Å². The Bertz CT molecular complexity index is 106. The van der Waals surface area contributed by atoms with Crippen molar-refractivity contribution in [2.24, 2.45) is 5.73 Å². The maximum absolute atomic E-state index is 10.8. The second-order valence-corrected chi connectivity index (χ2v) is 1.91. The SMILES string of the molecule is CCONC(=O)[C@@H](N)CC. The first kappa shape index (κ1) is 9.39. The third kappa shape index (κ3) is 3.42. The minimum absolute atomic E-state index is 0.260. The van der Waals surface area contributed by atoms with Gasteiger partial charge in [-0.1, -0.05) is 6.92 Å². The largest absolute Gasteiger partial charge is 0.320 e. The number of carbonyl (C=O) groups excluding carboxylic acids is 1. The van der Waals surface area contributed by atoms with Gasteiger partial charge in [-0.05, 0) is 13.3 Å². The fraction of sp³-hybridized carbons (Fsp3) is 0.833. The minimum atomic E-state index is -0.452. The lowest BCUT2D eigenvalue weighted by Crippen LogP contribution is -2.39. The van der Waals surface area contributed by atoms with E-state index in [1.807, 2.05) is 6.92 Å². The number of hydroxylamine groups is 1. The lowest BCUT2D eigenvalue weighted by Gasteiger charge is -2.07. The van der Waals surface area contributed by atoms with Crippen molar-refractivity contribution in [3.8, 4) is 0 Å². The Morgan fingerprint density at radius 3 is 2.70 bits per heavy atom. The summed E-state index contributed by atoms with van der Waals surface area (Å²) in [7, 11) is 0. The summed E-state index contributed by atoms with van der Waals surface area (Å²) in [4.78, 5) is 15.4. The summed E-state index contributed by atoms with van der Waals surface area (Å²) in [5.74, 6) is -0.260. The second kappa shape index (κ2) is 5.20. The Morgan fingerprint density at radius 2 is 2.30 bits per heavy atom. The van der Waals surface area contributed by atoms with E-state index in [0.29, 0.717) is 13.0 Å². The highest BCUT2D eigenvalue weighted by Crippen LogP contribution is 1.84. The zero-order chi connectivity index (χ0) is 7.98. The zero-order valence-corrected chi connectivity index (χ0v) is 6.39. The van der Waals surface area contributed by atoms with Gasteiger partial charge in [-0.3, -0.25) is 9.63 Å². The molecule has 0 bridgehead atoms. The second-order valence-electron chi connectivity index (χ2n) is 1.91. The highest BCUT2D eigenvalue weighted by molar-refractivity contribution is 5.80. The van der Waals surface area contributed by atoms with E-state index in [9.17, 15) is 4.79 Å². The molecule has 0 aromatic heterocycles. The van der Waals surface area contributed by atoms with Crippen LogP contribution >= 0.6 is 0 Å². The molecule has 0 rings (SSSR count). The molecule has 0 aliphatic carbocycles. The Hall–Kier alpha value is -0.610. The lowest BCUT2D eigenvalue weighted by molar-refractivity contribution is -0.134. The van der Waals surface area contributed by atoms with Crippen molar-refractivity contribution in [3.63, 3.8) is 0 Å². The summed E-state index contributed by atoms with van der Waals surface area (Å²) in [6.07, 6.45) is 0.624. The van der Waals surface area contributed by atoms with Crippen LogP contribution in [0.25, 0.3) is 0 Å². The maximum atomic E-state index is 10.8. The quantitative estimate of drug-likeness (QED) is 0.539. The van der Waals surface area contributed by atoms with E-state index in [1.165, 1.54) is 0 Å². The van der Waals surface area contributed by atoms with Gasteiger partial charge in [-0.2, -0.15) is 0 Å². The summed E-state index contributed by atoms with van der Waals surface area (Å²) in [6, 6.07) is -0.452. The first-order valence-corrected chi connectivity index (χ1v) is 3.39. The van der Waals surface area contributed by atoms with Crippen LogP contribution in [0.2, 0.25) is 0 Å². The average Bonchev–Trinajstić information content (AvgIpc) is 1.98. The molecule has 0 aromatic carbocycles. The van der Waals surface area contributed by atoms with E-state index in [1.54, 1.807) is 6.92 Å². The first-order chi connectivity index (χ1) is 4.72. The molecule has 60 valence electrons. The molecule has 0 fully saturated rings. The van der Waals surface area contributed by atoms with E-state index in [4.69, 9.17) is 5.73 Å². The van der Waals surface area contributed by atoms with Crippen LogP contribution in [0.3, 0.4) is 0 Å². The predicted molar refractivity (Wildman–Crippen MR) is 38.0 cm³/mol. The molecule has 4 heteroatoms. The molecule has 0 saturated carbocycles. The van der Waals surface area contributed by atoms with E-state index >= 15 is 0 Å². The topological polar surface area (TPSA) is 64.3 Å². The van der Waals surface area contributed by atoms with E-state index < -0.39 is 6.04 Å². The molecule has 0 unspecified atom stereocenters. The fourth-order valence-electron chi connectivity index (χ4n) is 0.404. The van der Waals surface area contributed by atoms with Crippen LogP contribution in [-0.2, 0) is 9.63 Å². The molecular formula is C6H14N2O2. The van der Waals surface area contributed by atoms with Crippen LogP contribution in [0.1, 0.15) is 20.3 Å². The number of carbonyl (C=O) groups is 1. The minimum Gasteiger partial charge on any atom is -0.320 e. The van der Waals surface area contributed by atoms with Gasteiger partial charge in [0, 0.05) is 0 Å². The molecule has 0 aliphatic rings. The molecular weight excluding hydrogens is 132 g/mol. The van der Waals surface area contributed by atoms with Crippen molar-refractivity contribution in [2.75, 3.05) is 6.61 Å². The monoisotopic (exact) mass is 146 g/mol. The van der Waals surface area contributed by atoms with Gasteiger partial charge in [-0.15, -0.1) is 0 Å². The summed E-state index contributed by atoms with van der Waals surface area (Å²) >= 11 is 0. The van der Waals surface area contributed by atoms with Gasteiger partial charge in [-0.25, -0.2) is 5.48 Å². The van der Waals surface area contributed by atoms with Crippen molar-refractivity contribution in [1.29, 1.82) is 0 Å². The van der Waals surface area contributed by atoms with Gasteiger partial charge in [0.25, 0.3) is 5.91 Å². The van der Waals surface area contributed by atoms with Crippen LogP contribution in [0, 0.1) is 0 Å². The van der Waals surface area contributed by atoms with Gasteiger partial charge < -0.3 is 5.73 Å². The van der Waals surface area contributed by atoms with Crippen molar-refractivity contribution >= 4 is 5.91 Å². The molecule has 4 nitrogen and oxygen atoms in total. The predicted octanol–water partition coefficient (Wildman–Crippen LogP) is -0.209. The molecule has 1 amide bonds. The Morgan fingerprint density at radius 1 is 1.70 bits per heavy atom. The number of hydrogen-bond donors (Lipinski definition) is 2. The van der Waals surface area contributed by atoms with Crippen molar-refractivity contribution in [3.05, 3.63) is 0 Å². The molecule has 10 heavy (non-hydrogen) atoms. The number of nitrogens with one attached hydrogen (secondary N) is 1. The summed E-state index contributed by atoms with van der Waals surface area (Å²) in [6.45, 7) is 4.09. The molecule has 0 spiro atoms. The molecule has 0 radical (unpaired) electrons. The molecule has 3 N–H and O–H groups in total. The van der Waals surface area contributed by atoms with E-state index in [0.717, 1.165) is 0 Å². The summed E-state index contributed by atoms with van der Waals surface area (Å²) in [5.41, 5.74) is 7.58. The van der Waals surface area contributed by atoms with Gasteiger partial charge in [0.05, 0.1) is 12.6 Å². The van der Waals surface area contributed by atoms with E-state index in [-0.39, 0.29) is 5.91 Å². The van der Waals surface area contributed by atoms with Crippen molar-refractivity contribution < 1.29 is 9.63 Å².